The molecule has 0 aliphatic carbocycles. The Balaban J connectivity index is 3.13. The Bertz CT molecular complexity index is 379. The van der Waals surface area contributed by atoms with Crippen LogP contribution in [0.15, 0.2) is 12.1 Å². The van der Waals surface area contributed by atoms with Crippen LogP contribution in [0.25, 0.3) is 0 Å². The van der Waals surface area contributed by atoms with Gasteiger partial charge in [-0.05, 0) is 12.1 Å². The molecule has 1 aromatic carbocycles. The van der Waals surface area contributed by atoms with E-state index in [1.807, 2.05) is 0 Å². The summed E-state index contributed by atoms with van der Waals surface area (Å²) >= 11 is 3.20. The van der Waals surface area contributed by atoms with Crippen molar-refractivity contribution in [2.24, 2.45) is 0 Å². The molecule has 0 spiro atoms. The van der Waals surface area contributed by atoms with Gasteiger partial charge in [-0.2, -0.15) is 0 Å². The molecule has 0 radical (unpaired) electrons. The maximum atomic E-state index is 13.4. The maximum Gasteiger partial charge on any atom is 0.307 e. The molecule has 0 saturated heterocycles. The van der Waals surface area contributed by atoms with E-state index in [0.29, 0.717) is 16.6 Å². The smallest absolute Gasteiger partial charge is 0.307 e. The van der Waals surface area contributed by atoms with E-state index in [2.05, 4.69) is 15.9 Å². The molecule has 0 unspecified atom stereocenters. The second-order valence-corrected chi connectivity index (χ2v) is 3.52. The molecule has 0 heterocycles. The van der Waals surface area contributed by atoms with Crippen LogP contribution in [0.2, 0.25) is 0 Å². The average molecular weight is 277 g/mol. The number of hydrogen-bond acceptors (Lipinski definition) is 2. The van der Waals surface area contributed by atoms with Crippen LogP contribution in [0.3, 0.4) is 0 Å². The van der Waals surface area contributed by atoms with Crippen molar-refractivity contribution in [3.8, 4) is 5.75 Å². The third-order valence-corrected chi connectivity index (χ3v) is 2.54. The van der Waals surface area contributed by atoms with Crippen LogP contribution in [0.4, 0.5) is 4.39 Å². The highest BCUT2D eigenvalue weighted by Gasteiger charge is 2.12. The zero-order valence-corrected chi connectivity index (χ0v) is 9.67. The topological polar surface area (TPSA) is 46.5 Å². The summed E-state index contributed by atoms with van der Waals surface area (Å²) in [6.45, 7) is 0. The van der Waals surface area contributed by atoms with Crippen LogP contribution in [-0.2, 0) is 16.5 Å². The van der Waals surface area contributed by atoms with Crippen molar-refractivity contribution in [1.29, 1.82) is 0 Å². The second kappa shape index (κ2) is 5.11. The van der Waals surface area contributed by atoms with Crippen molar-refractivity contribution < 1.29 is 19.0 Å². The standard InChI is InChI=1S/C10H10BrFO3/c1-15-9-3-6(4-10(13)14)8(12)2-7(9)5-11/h2-3H,4-5H2,1H3,(H,13,14). The lowest BCUT2D eigenvalue weighted by Gasteiger charge is -2.09. The molecule has 0 saturated carbocycles. The lowest BCUT2D eigenvalue weighted by molar-refractivity contribution is -0.136. The number of carboxylic acids is 1. The van der Waals surface area contributed by atoms with Gasteiger partial charge in [-0.25, -0.2) is 4.39 Å². The van der Waals surface area contributed by atoms with Gasteiger partial charge in [-0.3, -0.25) is 4.79 Å². The van der Waals surface area contributed by atoms with E-state index >= 15 is 0 Å². The van der Waals surface area contributed by atoms with E-state index in [0.717, 1.165) is 0 Å². The Morgan fingerprint density at radius 1 is 1.53 bits per heavy atom. The molecule has 0 bridgehead atoms. The first kappa shape index (κ1) is 12.0. The van der Waals surface area contributed by atoms with E-state index in [1.54, 1.807) is 0 Å². The number of halogens is 2. The summed E-state index contributed by atoms with van der Waals surface area (Å²) in [6, 6.07) is 2.70. The predicted octanol–water partition coefficient (Wildman–Crippen LogP) is 2.36. The lowest BCUT2D eigenvalue weighted by atomic mass is 10.1. The molecule has 5 heteroatoms. The largest absolute Gasteiger partial charge is 0.496 e. The van der Waals surface area contributed by atoms with Crippen molar-refractivity contribution in [3.63, 3.8) is 0 Å². The Labute approximate surface area is 95.0 Å². The minimum Gasteiger partial charge on any atom is -0.496 e. The van der Waals surface area contributed by atoms with Crippen molar-refractivity contribution >= 4 is 21.9 Å². The Hall–Kier alpha value is -1.10. The van der Waals surface area contributed by atoms with E-state index in [-0.39, 0.29) is 12.0 Å². The quantitative estimate of drug-likeness (QED) is 0.859. The molecular weight excluding hydrogens is 267 g/mol. The van der Waals surface area contributed by atoms with Gasteiger partial charge in [0.2, 0.25) is 0 Å². The minimum atomic E-state index is -1.07. The zero-order chi connectivity index (χ0) is 11.4. The average Bonchev–Trinajstić information content (AvgIpc) is 2.19. The summed E-state index contributed by atoms with van der Waals surface area (Å²) in [5, 5.41) is 9.02. The lowest BCUT2D eigenvalue weighted by Crippen LogP contribution is -2.04. The SMILES string of the molecule is COc1cc(CC(=O)O)c(F)cc1CBr. The molecule has 1 aromatic rings. The van der Waals surface area contributed by atoms with Crippen LogP contribution >= 0.6 is 15.9 Å². The van der Waals surface area contributed by atoms with Crippen LogP contribution in [0, 0.1) is 5.82 Å². The van der Waals surface area contributed by atoms with Gasteiger partial charge in [-0.1, -0.05) is 15.9 Å². The fourth-order valence-electron chi connectivity index (χ4n) is 1.23. The Kier molecular flexibility index (Phi) is 4.08. The Morgan fingerprint density at radius 2 is 2.20 bits per heavy atom. The number of aliphatic carboxylic acids is 1. The molecule has 0 amide bonds. The van der Waals surface area contributed by atoms with Gasteiger partial charge < -0.3 is 9.84 Å². The van der Waals surface area contributed by atoms with Crippen molar-refractivity contribution in [2.75, 3.05) is 7.11 Å². The number of rotatable bonds is 4. The fourth-order valence-corrected chi connectivity index (χ4v) is 1.67. The molecule has 3 nitrogen and oxygen atoms in total. The highest BCUT2D eigenvalue weighted by Crippen LogP contribution is 2.25. The molecule has 0 atom stereocenters. The number of carbonyl (C=O) groups is 1. The van der Waals surface area contributed by atoms with Gasteiger partial charge in [0.1, 0.15) is 11.6 Å². The van der Waals surface area contributed by atoms with Crippen molar-refractivity contribution in [2.45, 2.75) is 11.8 Å². The van der Waals surface area contributed by atoms with E-state index in [9.17, 15) is 9.18 Å². The molecule has 0 aliphatic heterocycles. The van der Waals surface area contributed by atoms with E-state index < -0.39 is 11.8 Å². The Morgan fingerprint density at radius 3 is 2.67 bits per heavy atom. The predicted molar refractivity (Wildman–Crippen MR) is 56.9 cm³/mol. The first-order chi connectivity index (χ1) is 7.08. The van der Waals surface area contributed by atoms with E-state index in [1.165, 1.54) is 19.2 Å². The van der Waals surface area contributed by atoms with Gasteiger partial charge >= 0.3 is 5.97 Å². The second-order valence-electron chi connectivity index (χ2n) is 2.96. The van der Waals surface area contributed by atoms with Gasteiger partial charge in [0, 0.05) is 16.5 Å². The number of benzene rings is 1. The molecule has 1 N–H and O–H groups in total. The van der Waals surface area contributed by atoms with Crippen molar-refractivity contribution in [3.05, 3.63) is 29.1 Å². The number of hydrogen-bond donors (Lipinski definition) is 1. The normalized spacial score (nSPS) is 10.1. The minimum absolute atomic E-state index is 0.129. The molecule has 15 heavy (non-hydrogen) atoms. The summed E-state index contributed by atoms with van der Waals surface area (Å²) < 4.78 is 18.4. The summed E-state index contributed by atoms with van der Waals surface area (Å²) in [5.74, 6) is -1.10. The van der Waals surface area contributed by atoms with Gasteiger partial charge in [0.15, 0.2) is 0 Å². The molecule has 82 valence electrons. The number of ether oxygens (including phenoxy) is 1. The number of methoxy groups -OCH3 is 1. The van der Waals surface area contributed by atoms with E-state index in [4.69, 9.17) is 9.84 Å². The molecule has 0 aromatic heterocycles. The van der Waals surface area contributed by atoms with Crippen LogP contribution < -0.4 is 4.74 Å². The number of alkyl halides is 1. The third kappa shape index (κ3) is 2.92. The fraction of sp³-hybridized carbons (Fsp3) is 0.300. The summed E-state index contributed by atoms with van der Waals surface area (Å²) in [7, 11) is 1.46. The van der Waals surface area contributed by atoms with Crippen molar-refractivity contribution in [1.82, 2.24) is 0 Å². The van der Waals surface area contributed by atoms with Crippen LogP contribution in [-0.4, -0.2) is 18.2 Å². The van der Waals surface area contributed by atoms with Crippen LogP contribution in [0.5, 0.6) is 5.75 Å². The highest BCUT2D eigenvalue weighted by atomic mass is 79.9. The highest BCUT2D eigenvalue weighted by molar-refractivity contribution is 9.08. The first-order valence-corrected chi connectivity index (χ1v) is 5.33. The maximum absolute atomic E-state index is 13.4. The summed E-state index contributed by atoms with van der Waals surface area (Å²) in [5.41, 5.74) is 0.785. The molecule has 1 rings (SSSR count). The number of carboxylic acid groups (broad SMARTS) is 1. The van der Waals surface area contributed by atoms with Crippen LogP contribution in [0.1, 0.15) is 11.1 Å². The zero-order valence-electron chi connectivity index (χ0n) is 8.09. The molecule has 0 aliphatic rings. The third-order valence-electron chi connectivity index (χ3n) is 1.94. The summed E-state index contributed by atoms with van der Waals surface area (Å²) in [6.07, 6.45) is -0.343. The first-order valence-electron chi connectivity index (χ1n) is 4.21. The monoisotopic (exact) mass is 276 g/mol. The van der Waals surface area contributed by atoms with Gasteiger partial charge in [-0.15, -0.1) is 0 Å². The molecular formula is C10H10BrFO3. The summed E-state index contributed by atoms with van der Waals surface area (Å²) in [4.78, 5) is 10.5. The molecule has 0 fully saturated rings. The van der Waals surface area contributed by atoms with Gasteiger partial charge in [0.05, 0.1) is 13.5 Å². The van der Waals surface area contributed by atoms with Gasteiger partial charge in [0.25, 0.3) is 0 Å².